The van der Waals surface area contributed by atoms with Crippen LogP contribution >= 0.6 is 23.2 Å². The molecule has 0 saturated heterocycles. The van der Waals surface area contributed by atoms with Gasteiger partial charge in [-0.1, -0.05) is 29.3 Å². The minimum atomic E-state index is -3.74. The van der Waals surface area contributed by atoms with Gasteiger partial charge in [0.05, 0.1) is 17.2 Å². The fourth-order valence-corrected chi connectivity index (χ4v) is 4.62. The van der Waals surface area contributed by atoms with E-state index < -0.39 is 10.0 Å². The van der Waals surface area contributed by atoms with Crippen molar-refractivity contribution in [3.63, 3.8) is 0 Å². The first-order chi connectivity index (χ1) is 13.8. The zero-order valence-corrected chi connectivity index (χ0v) is 18.2. The van der Waals surface area contributed by atoms with Crippen molar-refractivity contribution < 1.29 is 17.9 Å². The number of benzene rings is 2. The van der Waals surface area contributed by atoms with Crippen LogP contribution in [0.15, 0.2) is 41.3 Å². The molecule has 0 radical (unpaired) electrons. The summed E-state index contributed by atoms with van der Waals surface area (Å²) in [5.41, 5.74) is 1.29. The first-order valence-corrected chi connectivity index (χ1v) is 11.5. The van der Waals surface area contributed by atoms with E-state index in [9.17, 15) is 13.2 Å². The Morgan fingerprint density at radius 1 is 1.14 bits per heavy atom. The molecule has 1 saturated carbocycles. The number of amides is 1. The van der Waals surface area contributed by atoms with Crippen LogP contribution in [0.2, 0.25) is 10.0 Å². The Morgan fingerprint density at radius 3 is 2.55 bits per heavy atom. The molecule has 1 amide bonds. The van der Waals surface area contributed by atoms with Crippen LogP contribution in [0.25, 0.3) is 0 Å². The predicted molar refractivity (Wildman–Crippen MR) is 113 cm³/mol. The molecule has 1 aliphatic rings. The molecule has 9 heteroatoms. The Kier molecular flexibility index (Phi) is 7.05. The van der Waals surface area contributed by atoms with E-state index in [-0.39, 0.29) is 28.2 Å². The fourth-order valence-electron chi connectivity index (χ4n) is 2.80. The van der Waals surface area contributed by atoms with Gasteiger partial charge >= 0.3 is 0 Å². The summed E-state index contributed by atoms with van der Waals surface area (Å²) in [6, 6.07) is 9.78. The van der Waals surface area contributed by atoms with Gasteiger partial charge in [-0.25, -0.2) is 13.1 Å². The van der Waals surface area contributed by atoms with Crippen molar-refractivity contribution in [1.82, 2.24) is 10.0 Å². The van der Waals surface area contributed by atoms with Gasteiger partial charge in [-0.3, -0.25) is 4.79 Å². The van der Waals surface area contributed by atoms with Crippen LogP contribution in [0.4, 0.5) is 0 Å². The van der Waals surface area contributed by atoms with Crippen molar-refractivity contribution in [1.29, 1.82) is 0 Å². The van der Waals surface area contributed by atoms with Crippen LogP contribution < -0.4 is 14.8 Å². The predicted octanol–water partition coefficient (Wildman–Crippen LogP) is 3.81. The minimum absolute atomic E-state index is 0.0321. The van der Waals surface area contributed by atoms with Crippen LogP contribution in [0.1, 0.15) is 35.2 Å². The molecule has 1 aliphatic carbocycles. The lowest BCUT2D eigenvalue weighted by molar-refractivity contribution is 0.0953. The highest BCUT2D eigenvalue weighted by Crippen LogP contribution is 2.28. The molecule has 0 heterocycles. The van der Waals surface area contributed by atoms with Gasteiger partial charge in [-0.15, -0.1) is 0 Å². The highest BCUT2D eigenvalue weighted by molar-refractivity contribution is 7.89. The number of hydrogen-bond donors (Lipinski definition) is 2. The number of aryl methyl sites for hydroxylation is 1. The maximum atomic E-state index is 12.6. The third-order valence-electron chi connectivity index (χ3n) is 4.53. The first kappa shape index (κ1) is 21.9. The molecule has 6 nitrogen and oxygen atoms in total. The molecule has 2 aromatic carbocycles. The van der Waals surface area contributed by atoms with Crippen LogP contribution in [0.3, 0.4) is 0 Å². The smallest absolute Gasteiger partial charge is 0.251 e. The summed E-state index contributed by atoms with van der Waals surface area (Å²) in [5.74, 6) is -0.140. The van der Waals surface area contributed by atoms with Crippen molar-refractivity contribution in [2.45, 2.75) is 36.6 Å². The SMILES string of the molecule is COc1ccc(C(=O)NCCCc2ccc(Cl)c(Cl)c2)cc1S(=O)(=O)NC1CC1. The lowest BCUT2D eigenvalue weighted by atomic mass is 10.1. The number of ether oxygens (including phenoxy) is 1. The minimum Gasteiger partial charge on any atom is -0.495 e. The molecule has 29 heavy (non-hydrogen) atoms. The van der Waals surface area contributed by atoms with Gasteiger partial charge in [-0.2, -0.15) is 0 Å². The molecule has 0 atom stereocenters. The summed E-state index contributed by atoms with van der Waals surface area (Å²) in [7, 11) is -2.35. The van der Waals surface area contributed by atoms with E-state index in [1.165, 1.54) is 19.2 Å². The number of rotatable bonds is 9. The molecule has 2 aromatic rings. The molecule has 0 aliphatic heterocycles. The number of nitrogens with one attached hydrogen (secondary N) is 2. The number of carbonyl (C=O) groups is 1. The fraction of sp³-hybridized carbons (Fsp3) is 0.350. The quantitative estimate of drug-likeness (QED) is 0.561. The molecule has 0 bridgehead atoms. The highest BCUT2D eigenvalue weighted by atomic mass is 35.5. The summed E-state index contributed by atoms with van der Waals surface area (Å²) in [4.78, 5) is 12.4. The van der Waals surface area contributed by atoms with Gasteiger partial charge in [0, 0.05) is 18.2 Å². The van der Waals surface area contributed by atoms with Crippen LogP contribution in [-0.2, 0) is 16.4 Å². The monoisotopic (exact) mass is 456 g/mol. The van der Waals surface area contributed by atoms with Crippen molar-refractivity contribution in [3.8, 4) is 5.75 Å². The Hall–Kier alpha value is -1.80. The summed E-state index contributed by atoms with van der Waals surface area (Å²) in [5, 5.41) is 3.82. The second kappa shape index (κ2) is 9.34. The van der Waals surface area contributed by atoms with Crippen molar-refractivity contribution in [2.75, 3.05) is 13.7 Å². The van der Waals surface area contributed by atoms with Crippen molar-refractivity contribution in [2.24, 2.45) is 0 Å². The largest absolute Gasteiger partial charge is 0.495 e. The zero-order chi connectivity index (χ0) is 21.0. The topological polar surface area (TPSA) is 84.5 Å². The number of carbonyl (C=O) groups excluding carboxylic acids is 1. The summed E-state index contributed by atoms with van der Waals surface area (Å²) in [6.07, 6.45) is 3.07. The number of methoxy groups -OCH3 is 1. The standard InChI is InChI=1S/C20H22Cl2N2O4S/c1-28-18-9-5-14(12-19(18)29(26,27)24-15-6-7-15)20(25)23-10-2-3-13-4-8-16(21)17(22)11-13/h4-5,8-9,11-12,15,24H,2-3,6-7,10H2,1H3,(H,23,25). The molecule has 0 unspecified atom stereocenters. The Labute approximate surface area is 180 Å². The Morgan fingerprint density at radius 2 is 1.90 bits per heavy atom. The maximum absolute atomic E-state index is 12.6. The van der Waals surface area contributed by atoms with E-state index in [0.717, 1.165) is 24.8 Å². The molecule has 2 N–H and O–H groups in total. The van der Waals surface area contributed by atoms with E-state index in [0.29, 0.717) is 23.0 Å². The van der Waals surface area contributed by atoms with Gasteiger partial charge in [-0.05, 0) is 61.6 Å². The van der Waals surface area contributed by atoms with E-state index in [2.05, 4.69) is 10.0 Å². The molecule has 156 valence electrons. The third-order valence-corrected chi connectivity index (χ3v) is 6.81. The van der Waals surface area contributed by atoms with Gasteiger partial charge in [0.25, 0.3) is 5.91 Å². The average Bonchev–Trinajstić information content (AvgIpc) is 3.50. The second-order valence-corrected chi connectivity index (χ2v) is 9.37. The summed E-state index contributed by atoms with van der Waals surface area (Å²) in [6.45, 7) is 0.438. The average molecular weight is 457 g/mol. The number of sulfonamides is 1. The first-order valence-electron chi connectivity index (χ1n) is 9.22. The Bertz CT molecular complexity index is 1010. The van der Waals surface area contributed by atoms with Gasteiger partial charge in [0.2, 0.25) is 10.0 Å². The zero-order valence-electron chi connectivity index (χ0n) is 15.9. The maximum Gasteiger partial charge on any atom is 0.251 e. The van der Waals surface area contributed by atoms with Crippen LogP contribution in [0.5, 0.6) is 5.75 Å². The normalized spacial score (nSPS) is 13.9. The van der Waals surface area contributed by atoms with Crippen LogP contribution in [0, 0.1) is 0 Å². The van der Waals surface area contributed by atoms with E-state index in [1.807, 2.05) is 6.07 Å². The number of halogens is 2. The van der Waals surface area contributed by atoms with Crippen molar-refractivity contribution in [3.05, 3.63) is 57.6 Å². The van der Waals surface area contributed by atoms with Gasteiger partial charge < -0.3 is 10.1 Å². The van der Waals surface area contributed by atoms with Crippen LogP contribution in [-0.4, -0.2) is 34.0 Å². The van der Waals surface area contributed by atoms with E-state index in [4.69, 9.17) is 27.9 Å². The van der Waals surface area contributed by atoms with E-state index >= 15 is 0 Å². The molecule has 0 aromatic heterocycles. The number of hydrogen-bond acceptors (Lipinski definition) is 4. The lowest BCUT2D eigenvalue weighted by Gasteiger charge is -2.12. The van der Waals surface area contributed by atoms with E-state index in [1.54, 1.807) is 18.2 Å². The highest BCUT2D eigenvalue weighted by Gasteiger charge is 2.30. The third kappa shape index (κ3) is 5.85. The molecular weight excluding hydrogens is 435 g/mol. The van der Waals surface area contributed by atoms with Crippen molar-refractivity contribution >= 4 is 39.1 Å². The lowest BCUT2D eigenvalue weighted by Crippen LogP contribution is -2.28. The summed E-state index contributed by atoms with van der Waals surface area (Å²) >= 11 is 11.9. The van der Waals surface area contributed by atoms with Gasteiger partial charge in [0.15, 0.2) is 0 Å². The molecular formula is C20H22Cl2N2O4S. The second-order valence-electron chi connectivity index (χ2n) is 6.87. The molecule has 1 fully saturated rings. The van der Waals surface area contributed by atoms with Gasteiger partial charge in [0.1, 0.15) is 10.6 Å². The molecule has 0 spiro atoms. The summed E-state index contributed by atoms with van der Waals surface area (Å²) < 4.78 is 32.9. The molecule has 3 rings (SSSR count). The Balaban J connectivity index is 1.61.